The highest BCUT2D eigenvalue weighted by molar-refractivity contribution is 9.10. The molecule has 0 radical (unpaired) electrons. The van der Waals surface area contributed by atoms with Gasteiger partial charge >= 0.3 is 0 Å². The Hall–Kier alpha value is -2.41. The lowest BCUT2D eigenvalue weighted by molar-refractivity contribution is 0.102. The molecule has 6 nitrogen and oxygen atoms in total. The smallest absolute Gasteiger partial charge is 0.274 e. The average molecular weight is 332 g/mol. The molecule has 100 valence electrons. The highest BCUT2D eigenvalue weighted by Crippen LogP contribution is 2.15. The van der Waals surface area contributed by atoms with Crippen LogP contribution in [0.25, 0.3) is 5.69 Å². The SMILES string of the molecule is O=C(Nc1nncn1-c1ccccc1)c1cc(Br)c[nH]1. The number of hydrogen-bond donors (Lipinski definition) is 2. The number of amides is 1. The standard InChI is InChI=1S/C13H10BrN5O/c14-9-6-11(15-7-9)12(20)17-13-18-16-8-19(13)10-4-2-1-3-5-10/h1-8,15H,(H,17,18,20). The van der Waals surface area contributed by atoms with Crippen LogP contribution in [0.4, 0.5) is 5.95 Å². The number of aromatic nitrogens is 4. The second-order valence-electron chi connectivity index (χ2n) is 4.05. The van der Waals surface area contributed by atoms with Gasteiger partial charge in [-0.25, -0.2) is 0 Å². The molecule has 3 aromatic rings. The molecule has 0 atom stereocenters. The molecule has 0 aliphatic heterocycles. The fourth-order valence-electron chi connectivity index (χ4n) is 1.77. The van der Waals surface area contributed by atoms with Gasteiger partial charge in [-0.05, 0) is 34.1 Å². The third-order valence-electron chi connectivity index (χ3n) is 2.70. The molecule has 2 aromatic heterocycles. The van der Waals surface area contributed by atoms with Crippen LogP contribution in [0.5, 0.6) is 0 Å². The van der Waals surface area contributed by atoms with E-state index in [0.717, 1.165) is 10.2 Å². The Bertz CT molecular complexity index is 734. The molecule has 1 aromatic carbocycles. The fourth-order valence-corrected chi connectivity index (χ4v) is 2.11. The Morgan fingerprint density at radius 2 is 2.10 bits per heavy atom. The second kappa shape index (κ2) is 5.30. The summed E-state index contributed by atoms with van der Waals surface area (Å²) in [7, 11) is 0. The summed E-state index contributed by atoms with van der Waals surface area (Å²) < 4.78 is 2.52. The molecule has 0 spiro atoms. The van der Waals surface area contributed by atoms with E-state index in [1.807, 2.05) is 30.3 Å². The van der Waals surface area contributed by atoms with Crippen LogP contribution < -0.4 is 5.32 Å². The van der Waals surface area contributed by atoms with Crippen molar-refractivity contribution in [2.24, 2.45) is 0 Å². The molecule has 0 saturated carbocycles. The van der Waals surface area contributed by atoms with E-state index < -0.39 is 0 Å². The topological polar surface area (TPSA) is 75.6 Å². The molecule has 0 unspecified atom stereocenters. The summed E-state index contributed by atoms with van der Waals surface area (Å²) in [5.41, 5.74) is 1.32. The first-order valence-corrected chi connectivity index (χ1v) is 6.64. The van der Waals surface area contributed by atoms with Crippen LogP contribution >= 0.6 is 15.9 Å². The van der Waals surface area contributed by atoms with E-state index in [4.69, 9.17) is 0 Å². The molecule has 0 aliphatic carbocycles. The van der Waals surface area contributed by atoms with Crippen LogP contribution in [0.1, 0.15) is 10.5 Å². The first kappa shape index (κ1) is 12.6. The third-order valence-corrected chi connectivity index (χ3v) is 3.16. The molecule has 0 bridgehead atoms. The number of hydrogen-bond acceptors (Lipinski definition) is 3. The van der Waals surface area contributed by atoms with Crippen molar-refractivity contribution in [2.45, 2.75) is 0 Å². The summed E-state index contributed by atoms with van der Waals surface area (Å²) >= 11 is 3.29. The van der Waals surface area contributed by atoms with Gasteiger partial charge in [0.15, 0.2) is 0 Å². The highest BCUT2D eigenvalue weighted by Gasteiger charge is 2.13. The second-order valence-corrected chi connectivity index (χ2v) is 4.96. The predicted molar refractivity (Wildman–Crippen MR) is 77.8 cm³/mol. The van der Waals surface area contributed by atoms with Gasteiger partial charge in [-0.15, -0.1) is 10.2 Å². The molecule has 3 rings (SSSR count). The minimum atomic E-state index is -0.277. The van der Waals surface area contributed by atoms with Gasteiger partial charge in [0.2, 0.25) is 5.95 Å². The predicted octanol–water partition coefficient (Wildman–Crippen LogP) is 2.61. The van der Waals surface area contributed by atoms with Crippen molar-refractivity contribution in [1.82, 2.24) is 19.7 Å². The van der Waals surface area contributed by atoms with Gasteiger partial charge in [0.1, 0.15) is 12.0 Å². The average Bonchev–Trinajstić information content (AvgIpc) is 3.09. The van der Waals surface area contributed by atoms with E-state index in [-0.39, 0.29) is 5.91 Å². The van der Waals surface area contributed by atoms with Crippen LogP contribution in [-0.4, -0.2) is 25.7 Å². The molecule has 0 aliphatic rings. The molecule has 0 saturated heterocycles. The fraction of sp³-hybridized carbons (Fsp3) is 0. The molecule has 2 N–H and O–H groups in total. The highest BCUT2D eigenvalue weighted by atomic mass is 79.9. The van der Waals surface area contributed by atoms with Crippen molar-refractivity contribution < 1.29 is 4.79 Å². The van der Waals surface area contributed by atoms with Crippen molar-refractivity contribution in [3.05, 3.63) is 59.1 Å². The lowest BCUT2D eigenvalue weighted by Crippen LogP contribution is -2.15. The molecule has 20 heavy (non-hydrogen) atoms. The Balaban J connectivity index is 1.86. The molecular formula is C13H10BrN5O. The number of anilines is 1. The Morgan fingerprint density at radius 3 is 2.80 bits per heavy atom. The van der Waals surface area contributed by atoms with Crippen LogP contribution in [-0.2, 0) is 0 Å². The maximum Gasteiger partial charge on any atom is 0.274 e. The Kier molecular flexibility index (Phi) is 3.34. The van der Waals surface area contributed by atoms with Gasteiger partial charge in [0.25, 0.3) is 5.91 Å². The van der Waals surface area contributed by atoms with Crippen LogP contribution in [0.15, 0.2) is 53.4 Å². The molecular weight excluding hydrogens is 322 g/mol. The van der Waals surface area contributed by atoms with Crippen molar-refractivity contribution in [3.8, 4) is 5.69 Å². The number of H-pyrrole nitrogens is 1. The number of nitrogens with one attached hydrogen (secondary N) is 2. The Labute approximate surface area is 123 Å². The van der Waals surface area contributed by atoms with Gasteiger partial charge in [-0.1, -0.05) is 18.2 Å². The third kappa shape index (κ3) is 2.48. The number of carbonyl (C=O) groups is 1. The van der Waals surface area contributed by atoms with E-state index in [2.05, 4.69) is 36.4 Å². The van der Waals surface area contributed by atoms with E-state index in [9.17, 15) is 4.79 Å². The zero-order chi connectivity index (χ0) is 13.9. The minimum absolute atomic E-state index is 0.277. The van der Waals surface area contributed by atoms with Crippen LogP contribution in [0.2, 0.25) is 0 Å². The minimum Gasteiger partial charge on any atom is -0.356 e. The summed E-state index contributed by atoms with van der Waals surface area (Å²) in [6.45, 7) is 0. The molecule has 0 fully saturated rings. The molecule has 2 heterocycles. The van der Waals surface area contributed by atoms with Gasteiger partial charge in [0.05, 0.1) is 5.69 Å². The summed E-state index contributed by atoms with van der Waals surface area (Å²) in [5, 5.41) is 10.5. The normalized spacial score (nSPS) is 10.4. The monoisotopic (exact) mass is 331 g/mol. The Morgan fingerprint density at radius 1 is 1.30 bits per heavy atom. The summed E-state index contributed by atoms with van der Waals surface area (Å²) in [6, 6.07) is 11.2. The number of rotatable bonds is 3. The van der Waals surface area contributed by atoms with Crippen LogP contribution in [0, 0.1) is 0 Å². The van der Waals surface area contributed by atoms with Crippen molar-refractivity contribution in [1.29, 1.82) is 0 Å². The van der Waals surface area contributed by atoms with E-state index >= 15 is 0 Å². The lowest BCUT2D eigenvalue weighted by atomic mass is 10.3. The number of carbonyl (C=O) groups excluding carboxylic acids is 1. The zero-order valence-electron chi connectivity index (χ0n) is 10.2. The van der Waals surface area contributed by atoms with Crippen molar-refractivity contribution in [3.63, 3.8) is 0 Å². The van der Waals surface area contributed by atoms with E-state index in [1.54, 1.807) is 23.2 Å². The number of nitrogens with zero attached hydrogens (tertiary/aromatic N) is 3. The first-order chi connectivity index (χ1) is 9.74. The largest absolute Gasteiger partial charge is 0.356 e. The van der Waals surface area contributed by atoms with Gasteiger partial charge in [0, 0.05) is 10.7 Å². The maximum atomic E-state index is 12.1. The van der Waals surface area contributed by atoms with E-state index in [0.29, 0.717) is 11.6 Å². The van der Waals surface area contributed by atoms with Gasteiger partial charge in [-0.2, -0.15) is 0 Å². The van der Waals surface area contributed by atoms with Crippen molar-refractivity contribution >= 4 is 27.8 Å². The maximum absolute atomic E-state index is 12.1. The van der Waals surface area contributed by atoms with Crippen molar-refractivity contribution in [2.75, 3.05) is 5.32 Å². The van der Waals surface area contributed by atoms with Crippen LogP contribution in [0.3, 0.4) is 0 Å². The zero-order valence-corrected chi connectivity index (χ0v) is 11.8. The van der Waals surface area contributed by atoms with Gasteiger partial charge < -0.3 is 4.98 Å². The quantitative estimate of drug-likeness (QED) is 0.774. The summed E-state index contributed by atoms with van der Waals surface area (Å²) in [5.74, 6) is 0.0906. The molecule has 1 amide bonds. The lowest BCUT2D eigenvalue weighted by Gasteiger charge is -2.06. The first-order valence-electron chi connectivity index (χ1n) is 5.85. The van der Waals surface area contributed by atoms with E-state index in [1.165, 1.54) is 0 Å². The number of aromatic amines is 1. The molecule has 7 heteroatoms. The summed E-state index contributed by atoms with van der Waals surface area (Å²) in [4.78, 5) is 14.9. The number of benzene rings is 1. The van der Waals surface area contributed by atoms with Gasteiger partial charge in [-0.3, -0.25) is 14.7 Å². The summed E-state index contributed by atoms with van der Waals surface area (Å²) in [6.07, 6.45) is 3.24. The number of para-hydroxylation sites is 1. The number of halogens is 1.